The van der Waals surface area contributed by atoms with Crippen LogP contribution in [0.4, 0.5) is 5.69 Å². The van der Waals surface area contributed by atoms with Crippen LogP contribution in [0.1, 0.15) is 38.8 Å². The number of hydrogen-bond donors (Lipinski definition) is 3. The average molecular weight is 486 g/mol. The Morgan fingerprint density at radius 2 is 1.83 bits per heavy atom. The SMILES string of the molecule is Cc1cc(C)cc(C(=O)Nc2ccc(C)c(-c3ccc4c(C(O)CN5CCOCC5)n[nH]c4n3)c2)c1. The van der Waals surface area contributed by atoms with Crippen LogP contribution in [0.15, 0.2) is 48.5 Å². The normalized spacial score (nSPS) is 15.2. The molecule has 2 aromatic heterocycles. The number of H-pyrrole nitrogens is 1. The molecule has 8 heteroatoms. The summed E-state index contributed by atoms with van der Waals surface area (Å²) in [4.78, 5) is 19.8. The standard InChI is InChI=1S/C28H31N5O3/c1-17-12-18(2)14-20(13-17)28(35)29-21-5-4-19(3)23(15-21)24-7-6-22-26(31-32-27(22)30-24)25(34)16-33-8-10-36-11-9-33/h4-7,12-15,25,34H,8-11,16H2,1-3H3,(H,29,35)(H,30,31,32). The number of hydrogen-bond acceptors (Lipinski definition) is 6. The van der Waals surface area contributed by atoms with Crippen LogP contribution in [0.2, 0.25) is 0 Å². The molecule has 1 atom stereocenters. The number of morpholine rings is 1. The highest BCUT2D eigenvalue weighted by Crippen LogP contribution is 2.29. The molecule has 0 spiro atoms. The number of amides is 1. The number of aromatic amines is 1. The van der Waals surface area contributed by atoms with Crippen LogP contribution in [-0.4, -0.2) is 63.9 Å². The molecule has 4 aromatic rings. The summed E-state index contributed by atoms with van der Waals surface area (Å²) >= 11 is 0. The Labute approximate surface area is 210 Å². The molecular weight excluding hydrogens is 454 g/mol. The fraction of sp³-hybridized carbons (Fsp3) is 0.321. The maximum absolute atomic E-state index is 12.9. The molecule has 3 heterocycles. The molecule has 36 heavy (non-hydrogen) atoms. The van der Waals surface area contributed by atoms with Crippen molar-refractivity contribution < 1.29 is 14.6 Å². The molecule has 1 saturated heterocycles. The summed E-state index contributed by atoms with van der Waals surface area (Å²) in [6.45, 7) is 9.46. The van der Waals surface area contributed by atoms with Gasteiger partial charge in [0, 0.05) is 41.8 Å². The second kappa shape index (κ2) is 10.2. The summed E-state index contributed by atoms with van der Waals surface area (Å²) in [5, 5.41) is 22.0. The first kappa shape index (κ1) is 24.1. The van der Waals surface area contributed by atoms with Gasteiger partial charge >= 0.3 is 0 Å². The number of aliphatic hydroxyl groups is 1. The average Bonchev–Trinajstić information content (AvgIpc) is 3.29. The zero-order valence-electron chi connectivity index (χ0n) is 20.8. The summed E-state index contributed by atoms with van der Waals surface area (Å²) in [5.41, 5.74) is 7.38. The number of β-amino-alcohol motifs (C(OH)–C–C–N with tert-alkyl or cyclic N) is 1. The van der Waals surface area contributed by atoms with Gasteiger partial charge in [0.1, 0.15) is 11.8 Å². The van der Waals surface area contributed by atoms with Crippen molar-refractivity contribution in [1.29, 1.82) is 0 Å². The van der Waals surface area contributed by atoms with E-state index in [4.69, 9.17) is 9.72 Å². The lowest BCUT2D eigenvalue weighted by Crippen LogP contribution is -2.38. The van der Waals surface area contributed by atoms with Gasteiger partial charge in [0.2, 0.25) is 0 Å². The minimum absolute atomic E-state index is 0.146. The molecule has 186 valence electrons. The summed E-state index contributed by atoms with van der Waals surface area (Å²) in [6, 6.07) is 15.5. The van der Waals surface area contributed by atoms with Gasteiger partial charge in [-0.15, -0.1) is 0 Å². The lowest BCUT2D eigenvalue weighted by atomic mass is 10.0. The number of anilines is 1. The van der Waals surface area contributed by atoms with Gasteiger partial charge in [-0.1, -0.05) is 23.3 Å². The van der Waals surface area contributed by atoms with Gasteiger partial charge < -0.3 is 15.2 Å². The summed E-state index contributed by atoms with van der Waals surface area (Å²) < 4.78 is 5.39. The van der Waals surface area contributed by atoms with Crippen molar-refractivity contribution >= 4 is 22.6 Å². The first-order valence-corrected chi connectivity index (χ1v) is 12.2. The van der Waals surface area contributed by atoms with E-state index in [1.54, 1.807) is 0 Å². The largest absolute Gasteiger partial charge is 0.385 e. The van der Waals surface area contributed by atoms with E-state index < -0.39 is 6.10 Å². The fourth-order valence-corrected chi connectivity index (χ4v) is 4.73. The number of aryl methyl sites for hydroxylation is 3. The first-order valence-electron chi connectivity index (χ1n) is 12.2. The lowest BCUT2D eigenvalue weighted by Gasteiger charge is -2.28. The van der Waals surface area contributed by atoms with Gasteiger partial charge in [0.15, 0.2) is 5.65 Å². The first-order chi connectivity index (χ1) is 17.4. The predicted octanol–water partition coefficient (Wildman–Crippen LogP) is 4.17. The Balaban J connectivity index is 1.37. The number of nitrogens with one attached hydrogen (secondary N) is 2. The number of ether oxygens (including phenoxy) is 1. The highest BCUT2D eigenvalue weighted by Gasteiger charge is 2.21. The van der Waals surface area contributed by atoms with E-state index in [0.29, 0.717) is 42.4 Å². The predicted molar refractivity (Wildman–Crippen MR) is 140 cm³/mol. The molecular formula is C28H31N5O3. The van der Waals surface area contributed by atoms with E-state index >= 15 is 0 Å². The van der Waals surface area contributed by atoms with Crippen LogP contribution in [0.5, 0.6) is 0 Å². The molecule has 1 unspecified atom stereocenters. The van der Waals surface area contributed by atoms with E-state index in [-0.39, 0.29) is 5.91 Å². The maximum atomic E-state index is 12.9. The zero-order chi connectivity index (χ0) is 25.2. The van der Waals surface area contributed by atoms with Crippen molar-refractivity contribution in [2.24, 2.45) is 0 Å². The number of rotatable bonds is 6. The van der Waals surface area contributed by atoms with Crippen LogP contribution in [0.3, 0.4) is 0 Å². The zero-order valence-corrected chi connectivity index (χ0v) is 20.8. The highest BCUT2D eigenvalue weighted by molar-refractivity contribution is 6.04. The number of aliphatic hydroxyl groups excluding tert-OH is 1. The molecule has 1 aliphatic heterocycles. The topological polar surface area (TPSA) is 103 Å². The molecule has 1 aliphatic rings. The molecule has 0 radical (unpaired) electrons. The second-order valence-electron chi connectivity index (χ2n) is 9.49. The molecule has 5 rings (SSSR count). The molecule has 3 N–H and O–H groups in total. The van der Waals surface area contributed by atoms with Crippen LogP contribution in [0, 0.1) is 20.8 Å². The number of carbonyl (C=O) groups excluding carboxylic acids is 1. The quantitative estimate of drug-likeness (QED) is 0.379. The Hall–Kier alpha value is -3.59. The van der Waals surface area contributed by atoms with E-state index in [1.165, 1.54) is 0 Å². The third-order valence-corrected chi connectivity index (χ3v) is 6.56. The van der Waals surface area contributed by atoms with E-state index in [2.05, 4.69) is 20.4 Å². The molecule has 0 bridgehead atoms. The minimum Gasteiger partial charge on any atom is -0.385 e. The number of benzene rings is 2. The van der Waals surface area contributed by atoms with Gasteiger partial charge in [-0.05, 0) is 62.7 Å². The van der Waals surface area contributed by atoms with Crippen molar-refractivity contribution in [3.63, 3.8) is 0 Å². The van der Waals surface area contributed by atoms with Gasteiger partial charge in [-0.3, -0.25) is 14.8 Å². The smallest absolute Gasteiger partial charge is 0.255 e. The number of nitrogens with zero attached hydrogens (tertiary/aromatic N) is 3. The Kier molecular flexibility index (Phi) is 6.82. The molecule has 0 saturated carbocycles. The van der Waals surface area contributed by atoms with Crippen molar-refractivity contribution in [3.05, 3.63) is 76.5 Å². The van der Waals surface area contributed by atoms with Gasteiger partial charge in [-0.25, -0.2) is 4.98 Å². The Bertz CT molecular complexity index is 1390. The van der Waals surface area contributed by atoms with E-state index in [0.717, 1.165) is 46.4 Å². The van der Waals surface area contributed by atoms with Crippen molar-refractivity contribution in [1.82, 2.24) is 20.1 Å². The molecule has 0 aliphatic carbocycles. The van der Waals surface area contributed by atoms with Crippen LogP contribution < -0.4 is 5.32 Å². The van der Waals surface area contributed by atoms with Crippen LogP contribution in [0.25, 0.3) is 22.3 Å². The van der Waals surface area contributed by atoms with Gasteiger partial charge in [0.05, 0.1) is 18.9 Å². The highest BCUT2D eigenvalue weighted by atomic mass is 16.5. The number of carbonyl (C=O) groups is 1. The molecule has 1 amide bonds. The lowest BCUT2D eigenvalue weighted by molar-refractivity contribution is 0.0138. The second-order valence-corrected chi connectivity index (χ2v) is 9.49. The maximum Gasteiger partial charge on any atom is 0.255 e. The fourth-order valence-electron chi connectivity index (χ4n) is 4.73. The van der Waals surface area contributed by atoms with E-state index in [1.807, 2.05) is 69.3 Å². The summed E-state index contributed by atoms with van der Waals surface area (Å²) in [7, 11) is 0. The number of aromatic nitrogens is 3. The van der Waals surface area contributed by atoms with Gasteiger partial charge in [0.25, 0.3) is 5.91 Å². The molecule has 8 nitrogen and oxygen atoms in total. The Morgan fingerprint density at radius 1 is 1.08 bits per heavy atom. The third-order valence-electron chi connectivity index (χ3n) is 6.56. The monoisotopic (exact) mass is 485 g/mol. The van der Waals surface area contributed by atoms with Crippen molar-refractivity contribution in [2.45, 2.75) is 26.9 Å². The number of fused-ring (bicyclic) bond motifs is 1. The Morgan fingerprint density at radius 3 is 2.58 bits per heavy atom. The summed E-state index contributed by atoms with van der Waals surface area (Å²) in [5.74, 6) is -0.146. The molecule has 2 aromatic carbocycles. The minimum atomic E-state index is -0.713. The van der Waals surface area contributed by atoms with Crippen LogP contribution in [-0.2, 0) is 4.74 Å². The summed E-state index contributed by atoms with van der Waals surface area (Å²) in [6.07, 6.45) is -0.713. The third kappa shape index (κ3) is 5.16. The van der Waals surface area contributed by atoms with Crippen LogP contribution >= 0.6 is 0 Å². The number of pyridine rings is 1. The molecule has 1 fully saturated rings. The van der Waals surface area contributed by atoms with E-state index in [9.17, 15) is 9.90 Å². The van der Waals surface area contributed by atoms with Gasteiger partial charge in [-0.2, -0.15) is 5.10 Å². The van der Waals surface area contributed by atoms with Crippen molar-refractivity contribution in [3.8, 4) is 11.3 Å². The van der Waals surface area contributed by atoms with Crippen molar-refractivity contribution in [2.75, 3.05) is 38.2 Å².